The van der Waals surface area contributed by atoms with Gasteiger partial charge < -0.3 is 41.8 Å². The molecule has 2 aromatic heterocycles. The zero-order valence-corrected chi connectivity index (χ0v) is 76.4. The Morgan fingerprint density at radius 2 is 1.02 bits per heavy atom. The topological polar surface area (TPSA) is 336 Å². The van der Waals surface area contributed by atoms with Gasteiger partial charge in [0.1, 0.15) is 35.2 Å². The van der Waals surface area contributed by atoms with Crippen LogP contribution in [0.5, 0.6) is 0 Å². The number of fused-ring (bicyclic) bond motifs is 1. The first-order valence-corrected chi connectivity index (χ1v) is 52.7. The number of benzene rings is 7. The minimum absolute atomic E-state index is 0.000376. The molecule has 1 fully saturated rings. The van der Waals surface area contributed by atoms with E-state index in [-0.39, 0.29) is 72.5 Å². The number of hydrogen-bond donors (Lipinski definition) is 9. The molecule has 0 bridgehead atoms. The predicted octanol–water partition coefficient (Wildman–Crippen LogP) is 11.3. The second-order valence-corrected chi connectivity index (χ2v) is 39.6. The Labute approximate surface area is 736 Å². The molecule has 1 aliphatic rings. The third-order valence-electron chi connectivity index (χ3n) is 22.6. The minimum Gasteiger partial charge on any atom is -0.344 e. The zero-order chi connectivity index (χ0) is 87.7. The summed E-state index contributed by atoms with van der Waals surface area (Å²) in [4.78, 5) is 166. The Morgan fingerprint density at radius 3 is 1.53 bits per heavy atom. The van der Waals surface area contributed by atoms with Crippen LogP contribution in [-0.4, -0.2) is 163 Å². The molecule has 0 unspecified atom stereocenters. The summed E-state index contributed by atoms with van der Waals surface area (Å²) in [6.45, 7) is 14.3. The minimum atomic E-state index is -1.51. The van der Waals surface area contributed by atoms with E-state index in [9.17, 15) is 38.4 Å². The molecule has 0 radical (unpaired) electrons. The van der Waals surface area contributed by atoms with Crippen molar-refractivity contribution < 1.29 is 52.7 Å². The summed E-state index contributed by atoms with van der Waals surface area (Å²) < 4.78 is 3.65. The Balaban J connectivity index is 0.895. The molecule has 0 aliphatic heterocycles. The van der Waals surface area contributed by atoms with E-state index in [1.807, 2.05) is 227 Å². The van der Waals surface area contributed by atoms with Crippen LogP contribution in [0.2, 0.25) is 0 Å². The number of amides is 9. The molecule has 10 N–H and O–H groups in total. The van der Waals surface area contributed by atoms with Crippen molar-refractivity contribution in [3.8, 4) is 0 Å². The average Bonchev–Trinajstić information content (AvgIpc) is 1.35. The Hall–Kier alpha value is -10.6. The summed E-state index contributed by atoms with van der Waals surface area (Å²) in [6, 6.07) is 57.7. The number of imidazole rings is 1. The van der Waals surface area contributed by atoms with Gasteiger partial charge in [-0.15, -0.1) is 0 Å². The summed E-state index contributed by atoms with van der Waals surface area (Å²) in [7, 11) is 1.40. The summed E-state index contributed by atoms with van der Waals surface area (Å²) in [5, 5.41) is 24.4. The van der Waals surface area contributed by atoms with Crippen LogP contribution in [0.25, 0.3) is 10.9 Å². The number of hydrogen-bond acceptors (Lipinski definition) is 13. The van der Waals surface area contributed by atoms with E-state index in [2.05, 4.69) is 60.5 Å². The smallest absolute Gasteiger partial charge is 0.344 e. The number of aromatic nitrogens is 3. The molecule has 24 nitrogen and oxygen atoms in total. The van der Waals surface area contributed by atoms with Crippen LogP contribution in [0.4, 0.5) is 0 Å². The van der Waals surface area contributed by atoms with Gasteiger partial charge in [0.15, 0.2) is 0 Å². The summed E-state index contributed by atoms with van der Waals surface area (Å²) in [5.74, 6) is -6.25. The standard InChI is InChI=1S/C96H116N13O11.HI.Po/c1-10-65(4)78(50-52-84(112)100-76(62-110)55-67-48-49-67)103-92(119)81(57-75-60-108(63-98-75)96(72-39-23-14-24-40-72,73-41-25-15-26-42-73)74-43-27-16-28-44-74)102-86(114)61-107(9)93(120)88(64(2)3)105-89(116)66(5)99-91(118)80(56-68-59-109(87(115)58-94(6,7)8)82-46-30-29-45-77(68)82)104-90(117)79(101-83(111)47-31-32-54-97)51-53-85(113)106-95(69-33-17-11-18-34-69,70-35-19-12-20-36-70)71-37-21-13-22-38-71;;/h11-30,33-46,59-60,63-67,76,78-81,88H,10,31-32,47-58,61,97H2,1-9H3,(H,99,118)(H,100,112)(H,101,111)(H,102,114)(H,103,119)(H,104,117)(H,105,116)(H,106,113);1H;/q;;+1/p-1/t65-,66-,76-,78+,79-,80-,81-,88-;;/m0../s1. The van der Waals surface area contributed by atoms with Gasteiger partial charge in [-0.2, -0.15) is 0 Å². The fourth-order valence-corrected chi connectivity index (χ4v) is 19.4. The van der Waals surface area contributed by atoms with Gasteiger partial charge in [0.05, 0.1) is 18.4 Å². The average molecular weight is 1960 g/mol. The van der Waals surface area contributed by atoms with Gasteiger partial charge in [-0.1, -0.05) is 235 Å². The second kappa shape index (κ2) is 44.5. The van der Waals surface area contributed by atoms with Gasteiger partial charge in [0.2, 0.25) is 41.4 Å². The number of nitrogens with zero attached hydrogens (tertiary/aromatic N) is 4. The molecule has 8 atom stereocenters. The molecule has 10 rings (SSSR count). The molecule has 644 valence electrons. The van der Waals surface area contributed by atoms with Crippen LogP contribution in [0.1, 0.15) is 182 Å². The molecule has 2 heterocycles. The fraction of sp³-hybridized carbons (Fsp3) is 0.396. The van der Waals surface area contributed by atoms with Gasteiger partial charge in [0.25, 0.3) is 0 Å². The molecule has 26 heteroatoms. The van der Waals surface area contributed by atoms with E-state index in [4.69, 9.17) is 10.7 Å². The van der Waals surface area contributed by atoms with E-state index < -0.39 is 138 Å². The molecule has 1 aliphatic carbocycles. The summed E-state index contributed by atoms with van der Waals surface area (Å²) in [5.41, 5.74) is 9.78. The molecular weight excluding hydrogens is 1850 g/mol. The number of rotatable bonds is 44. The number of carbonyl (C=O) groups is 11. The molecule has 122 heavy (non-hydrogen) atoms. The maximum atomic E-state index is 15.3. The molecule has 9 aromatic rings. The molecular formula is C96H116IN13O11Po. The SMILES string of the molecule is CC[C@H](C)[C@@H](CCC(=O)N[C@@H](CC1CC1)[C](=O)[Po][I])NC(=O)[C@H](Cc1cn(C(c2ccccc2)(c2ccccc2)c2ccccc2)cn1)NC(=O)CN(C)C(=O)[C@@H](NC(=O)[C@H](C)NC(=O)[C@H](Cc1cn(C(=O)CC(C)(C)C)c2ccccc12)NC(=O)[C@H](CCC(=O)NC(c1ccccc1)(c1ccccc1)c1ccccc1)NC(=O)CCCCN)C(C)C. The van der Waals surface area contributed by atoms with Crippen molar-refractivity contribution in [1.29, 1.82) is 0 Å². The van der Waals surface area contributed by atoms with Crippen LogP contribution < -0.4 is 48.3 Å². The number of halogens is 1. The second-order valence-electron chi connectivity index (χ2n) is 33.5. The van der Waals surface area contributed by atoms with Crippen LogP contribution in [0.3, 0.4) is 0 Å². The summed E-state index contributed by atoms with van der Waals surface area (Å²) in [6.07, 6.45) is 8.99. The van der Waals surface area contributed by atoms with E-state index in [1.54, 1.807) is 50.6 Å². The molecule has 7 aromatic carbocycles. The van der Waals surface area contributed by atoms with Crippen molar-refractivity contribution >= 4 is 111 Å². The monoisotopic (exact) mass is 1960 g/mol. The van der Waals surface area contributed by atoms with Gasteiger partial charge in [-0.3, -0.25) is 42.9 Å². The van der Waals surface area contributed by atoms with E-state index >= 15 is 14.4 Å². The number of likely N-dealkylation sites (N-methyl/N-ethyl adjacent to an activating group) is 1. The Bertz CT molecular complexity index is 4830. The first-order valence-electron chi connectivity index (χ1n) is 42.2. The van der Waals surface area contributed by atoms with Gasteiger partial charge in [-0.25, -0.2) is 4.98 Å². The van der Waals surface area contributed by atoms with Crippen LogP contribution in [0.15, 0.2) is 225 Å². The van der Waals surface area contributed by atoms with Gasteiger partial charge in [0, 0.05) is 50.5 Å². The molecule has 9 amide bonds. The Morgan fingerprint density at radius 1 is 0.533 bits per heavy atom. The van der Waals surface area contributed by atoms with Crippen molar-refractivity contribution in [2.75, 3.05) is 20.1 Å². The van der Waals surface area contributed by atoms with Crippen LogP contribution >= 0.6 is 18.0 Å². The predicted molar refractivity (Wildman–Crippen MR) is 483 cm³/mol. The maximum absolute atomic E-state index is 15.3. The number of para-hydroxylation sites is 1. The first kappa shape index (κ1) is 93.7. The molecule has 1 saturated carbocycles. The van der Waals surface area contributed by atoms with E-state index in [0.717, 1.165) is 51.1 Å². The quantitative estimate of drug-likeness (QED) is 0.00975. The number of carbonyl (C=O) groups excluding carboxylic acids is 11. The van der Waals surface area contributed by atoms with E-state index in [0.29, 0.717) is 60.3 Å². The molecule has 0 saturated heterocycles. The third kappa shape index (κ3) is 24.9. The van der Waals surface area contributed by atoms with Crippen molar-refractivity contribution in [2.45, 2.75) is 199 Å². The fourth-order valence-electron chi connectivity index (χ4n) is 15.7. The number of nitrogens with one attached hydrogen (secondary N) is 8. The molecule has 0 spiro atoms. The van der Waals surface area contributed by atoms with Crippen LogP contribution in [0, 0.1) is 23.2 Å². The first-order chi connectivity index (χ1) is 58.6. The Kier molecular flexibility index (Phi) is 34.2. The summed E-state index contributed by atoms with van der Waals surface area (Å²) >= 11 is 0.860. The van der Waals surface area contributed by atoms with Gasteiger partial charge in [-0.05, 0) is 89.1 Å². The van der Waals surface area contributed by atoms with Gasteiger partial charge >= 0.3 is 183 Å². The van der Waals surface area contributed by atoms with Crippen molar-refractivity contribution in [3.05, 3.63) is 270 Å². The van der Waals surface area contributed by atoms with Crippen molar-refractivity contribution in [2.24, 2.45) is 28.9 Å². The van der Waals surface area contributed by atoms with Crippen molar-refractivity contribution in [1.82, 2.24) is 61.6 Å². The van der Waals surface area contributed by atoms with Crippen LogP contribution in [-0.2, 0) is 71.9 Å². The number of unbranched alkanes of at least 4 members (excludes halogenated alkanes) is 1. The normalized spacial score (nSPS) is 14.3. The number of nitrogens with two attached hydrogens (primary N) is 1. The van der Waals surface area contributed by atoms with E-state index in [1.165, 1.54) is 18.5 Å². The third-order valence-corrected chi connectivity index (χ3v) is 28.1. The van der Waals surface area contributed by atoms with Crippen molar-refractivity contribution in [3.63, 3.8) is 0 Å². The zero-order valence-electron chi connectivity index (χ0n) is 71.1.